The number of likely N-dealkylation sites (tertiary alicyclic amines) is 1. The van der Waals surface area contributed by atoms with Crippen LogP contribution in [0.5, 0.6) is 5.75 Å². The number of anilines is 1. The molecule has 34 heavy (non-hydrogen) atoms. The monoisotopic (exact) mass is 492 g/mol. The van der Waals surface area contributed by atoms with Gasteiger partial charge in [-0.15, -0.1) is 0 Å². The number of nitrogens with zero attached hydrogens (tertiary/aromatic N) is 2. The van der Waals surface area contributed by atoms with Crippen LogP contribution in [0.3, 0.4) is 0 Å². The van der Waals surface area contributed by atoms with Crippen molar-refractivity contribution in [3.05, 3.63) is 17.7 Å². The third-order valence-electron chi connectivity index (χ3n) is 7.01. The van der Waals surface area contributed by atoms with Crippen LogP contribution in [0.1, 0.15) is 51.0 Å². The van der Waals surface area contributed by atoms with Gasteiger partial charge >= 0.3 is 0 Å². The van der Waals surface area contributed by atoms with Gasteiger partial charge in [-0.3, -0.25) is 9.59 Å². The zero-order valence-electron chi connectivity index (χ0n) is 20.1. The summed E-state index contributed by atoms with van der Waals surface area (Å²) in [6.07, 6.45) is 5.60. The van der Waals surface area contributed by atoms with Gasteiger partial charge in [-0.2, -0.15) is 4.31 Å². The molecule has 2 N–H and O–H groups in total. The Balaban J connectivity index is 1.39. The zero-order chi connectivity index (χ0) is 24.3. The average Bonchev–Trinajstić information content (AvgIpc) is 3.08. The fourth-order valence-corrected chi connectivity index (χ4v) is 6.72. The van der Waals surface area contributed by atoms with Crippen LogP contribution in [-0.2, 0) is 19.6 Å². The maximum Gasteiger partial charge on any atom is 0.265 e. The molecule has 0 aromatic heterocycles. The predicted molar refractivity (Wildman–Crippen MR) is 129 cm³/mol. The molecule has 3 aliphatic heterocycles. The van der Waals surface area contributed by atoms with Gasteiger partial charge in [0.25, 0.3) is 5.91 Å². The lowest BCUT2D eigenvalue weighted by molar-refractivity contribution is -0.126. The second kappa shape index (κ2) is 10.6. The summed E-state index contributed by atoms with van der Waals surface area (Å²) in [5, 5.41) is 5.78. The van der Waals surface area contributed by atoms with E-state index in [1.807, 2.05) is 0 Å². The average molecular weight is 493 g/mol. The molecule has 9 nitrogen and oxygen atoms in total. The van der Waals surface area contributed by atoms with E-state index in [0.717, 1.165) is 19.6 Å². The molecule has 2 fully saturated rings. The molecule has 0 saturated carbocycles. The van der Waals surface area contributed by atoms with Crippen molar-refractivity contribution in [1.82, 2.24) is 14.5 Å². The first-order valence-corrected chi connectivity index (χ1v) is 13.8. The summed E-state index contributed by atoms with van der Waals surface area (Å²) in [7, 11) is -3.81. The second-order valence-corrected chi connectivity index (χ2v) is 11.5. The molecule has 0 spiro atoms. The third-order valence-corrected chi connectivity index (χ3v) is 9.01. The van der Waals surface area contributed by atoms with Crippen molar-refractivity contribution in [2.24, 2.45) is 5.92 Å². The number of hydrogen-bond donors (Lipinski definition) is 2. The summed E-state index contributed by atoms with van der Waals surface area (Å²) in [5.74, 6) is -0.350. The summed E-state index contributed by atoms with van der Waals surface area (Å²) in [4.78, 5) is 27.3. The normalized spacial score (nSPS) is 24.5. The van der Waals surface area contributed by atoms with Crippen molar-refractivity contribution in [3.8, 4) is 5.75 Å². The van der Waals surface area contributed by atoms with Crippen LogP contribution < -0.4 is 15.4 Å². The minimum atomic E-state index is -3.81. The highest BCUT2D eigenvalue weighted by Crippen LogP contribution is 2.36. The van der Waals surface area contributed by atoms with Crippen LogP contribution in [0.4, 0.5) is 5.69 Å². The first-order chi connectivity index (χ1) is 16.3. The maximum absolute atomic E-state index is 13.5. The number of benzene rings is 1. The number of carbonyl (C=O) groups is 2. The fraction of sp³-hybridized carbons (Fsp3) is 0.667. The van der Waals surface area contributed by atoms with E-state index in [2.05, 4.69) is 15.5 Å². The molecule has 10 heteroatoms. The summed E-state index contributed by atoms with van der Waals surface area (Å²) in [6, 6.07) is 3.11. The second-order valence-electron chi connectivity index (χ2n) is 9.61. The van der Waals surface area contributed by atoms with Crippen LogP contribution in [0.2, 0.25) is 0 Å². The molecule has 1 aromatic rings. The van der Waals surface area contributed by atoms with E-state index in [4.69, 9.17) is 4.74 Å². The smallest absolute Gasteiger partial charge is 0.265 e. The van der Waals surface area contributed by atoms with E-state index in [1.165, 1.54) is 36.1 Å². The summed E-state index contributed by atoms with van der Waals surface area (Å²) in [6.45, 7) is 7.46. The van der Waals surface area contributed by atoms with Crippen LogP contribution >= 0.6 is 0 Å². The number of sulfonamides is 1. The van der Waals surface area contributed by atoms with Crippen LogP contribution in [0, 0.1) is 12.8 Å². The molecule has 1 aromatic carbocycles. The lowest BCUT2D eigenvalue weighted by Crippen LogP contribution is -2.46. The highest BCUT2D eigenvalue weighted by Gasteiger charge is 2.35. The predicted octanol–water partition coefficient (Wildman–Crippen LogP) is 2.11. The van der Waals surface area contributed by atoms with E-state index in [1.54, 1.807) is 19.9 Å². The molecular formula is C24H36N4O5S. The number of ether oxygens (including phenoxy) is 1. The zero-order valence-corrected chi connectivity index (χ0v) is 21.0. The Morgan fingerprint density at radius 3 is 2.62 bits per heavy atom. The topological polar surface area (TPSA) is 108 Å². The summed E-state index contributed by atoms with van der Waals surface area (Å²) in [5.41, 5.74) is 1.00. The van der Waals surface area contributed by atoms with E-state index in [0.29, 0.717) is 42.9 Å². The number of nitrogens with one attached hydrogen (secondary N) is 2. The SMILES string of the molecule is Cc1cc2c(cc1S(=O)(=O)N1CCC[C@@H](C(=O)NCCN3CCCCCC3)C1)O[C@@H](C)C(=O)N2. The number of aryl methyl sites for hydroxylation is 1. The lowest BCUT2D eigenvalue weighted by atomic mass is 9.99. The van der Waals surface area contributed by atoms with E-state index < -0.39 is 16.1 Å². The number of carbonyl (C=O) groups excluding carboxylic acids is 2. The fourth-order valence-electron chi connectivity index (χ4n) is 4.98. The van der Waals surface area contributed by atoms with Crippen LogP contribution in [0.25, 0.3) is 0 Å². The highest BCUT2D eigenvalue weighted by atomic mass is 32.2. The highest BCUT2D eigenvalue weighted by molar-refractivity contribution is 7.89. The van der Waals surface area contributed by atoms with Gasteiger partial charge in [-0.1, -0.05) is 12.8 Å². The van der Waals surface area contributed by atoms with E-state index >= 15 is 0 Å². The van der Waals surface area contributed by atoms with Gasteiger partial charge in [0.05, 0.1) is 16.5 Å². The van der Waals surface area contributed by atoms with Crippen molar-refractivity contribution in [2.75, 3.05) is 44.6 Å². The molecule has 0 aliphatic carbocycles. The molecular weight excluding hydrogens is 456 g/mol. The van der Waals surface area contributed by atoms with Gasteiger partial charge < -0.3 is 20.3 Å². The molecule has 0 unspecified atom stereocenters. The number of hydrogen-bond acceptors (Lipinski definition) is 6. The van der Waals surface area contributed by atoms with Crippen molar-refractivity contribution in [2.45, 2.75) is 63.4 Å². The molecule has 4 rings (SSSR count). The molecule has 188 valence electrons. The Hall–Kier alpha value is -2.17. The summed E-state index contributed by atoms with van der Waals surface area (Å²) < 4.78 is 34.0. The molecule has 2 atom stereocenters. The van der Waals surface area contributed by atoms with Gasteiger partial charge in [0.1, 0.15) is 5.75 Å². The summed E-state index contributed by atoms with van der Waals surface area (Å²) >= 11 is 0. The van der Waals surface area contributed by atoms with Gasteiger partial charge in [0.2, 0.25) is 15.9 Å². The van der Waals surface area contributed by atoms with Crippen molar-refractivity contribution >= 4 is 27.5 Å². The Kier molecular flexibility index (Phi) is 7.79. The molecule has 0 radical (unpaired) electrons. The number of amides is 2. The Morgan fingerprint density at radius 1 is 1.15 bits per heavy atom. The van der Waals surface area contributed by atoms with Gasteiger partial charge in [-0.25, -0.2) is 8.42 Å². The van der Waals surface area contributed by atoms with Gasteiger partial charge in [-0.05, 0) is 64.3 Å². The van der Waals surface area contributed by atoms with Crippen molar-refractivity contribution < 1.29 is 22.7 Å². The first-order valence-electron chi connectivity index (χ1n) is 12.4. The van der Waals surface area contributed by atoms with Crippen LogP contribution in [-0.4, -0.2) is 74.8 Å². The molecule has 2 saturated heterocycles. The Labute approximate surface area is 202 Å². The van der Waals surface area contributed by atoms with Crippen molar-refractivity contribution in [3.63, 3.8) is 0 Å². The maximum atomic E-state index is 13.5. The molecule has 3 heterocycles. The number of piperidine rings is 1. The Bertz CT molecular complexity index is 1020. The first kappa shape index (κ1) is 24.9. The largest absolute Gasteiger partial charge is 0.479 e. The lowest BCUT2D eigenvalue weighted by Gasteiger charge is -2.32. The molecule has 0 bridgehead atoms. The van der Waals surface area contributed by atoms with Gasteiger partial charge in [0, 0.05) is 32.2 Å². The molecule has 2 amide bonds. The van der Waals surface area contributed by atoms with Crippen molar-refractivity contribution in [1.29, 1.82) is 0 Å². The minimum absolute atomic E-state index is 0.0724. The van der Waals surface area contributed by atoms with E-state index in [9.17, 15) is 18.0 Å². The van der Waals surface area contributed by atoms with E-state index in [-0.39, 0.29) is 29.2 Å². The third kappa shape index (κ3) is 5.55. The number of fused-ring (bicyclic) bond motifs is 1. The quantitative estimate of drug-likeness (QED) is 0.630. The molecule has 3 aliphatic rings. The van der Waals surface area contributed by atoms with Crippen LogP contribution in [0.15, 0.2) is 17.0 Å². The standard InChI is InChI=1S/C24H36N4O5S/c1-17-14-20-21(33-18(2)23(29)26-20)15-22(17)34(31,32)28-12-7-8-19(16-28)24(30)25-9-13-27-10-5-3-4-6-11-27/h14-15,18-19H,3-13,16H2,1-2H3,(H,25,30)(H,26,29)/t18-,19+/m0/s1. The number of rotatable bonds is 6. The minimum Gasteiger partial charge on any atom is -0.479 e. The Morgan fingerprint density at radius 2 is 1.88 bits per heavy atom. The van der Waals surface area contributed by atoms with Gasteiger partial charge in [0.15, 0.2) is 6.10 Å².